The number of ether oxygens (including phenoxy) is 1. The van der Waals surface area contributed by atoms with Crippen molar-refractivity contribution < 1.29 is 35.6 Å². The van der Waals surface area contributed by atoms with Gasteiger partial charge in [0.05, 0.1) is 39.9 Å². The standard InChI is InChI=1S/C19H18FNO7S2/c1-28-19(23)12-3-2-4-13(9-12)21-18(22)16-10-14(5-6-17(16)20)30(26,27)15-7-8-29(24,25)11-15/h2-6,9-10,15H,7-8,11H2,1H3,(H,21,22). The molecule has 0 aliphatic carbocycles. The third-order valence-corrected chi connectivity index (χ3v) is 8.85. The van der Waals surface area contributed by atoms with Gasteiger partial charge in [-0.2, -0.15) is 0 Å². The number of benzene rings is 2. The van der Waals surface area contributed by atoms with Crippen molar-refractivity contribution in [3.63, 3.8) is 0 Å². The van der Waals surface area contributed by atoms with Crippen molar-refractivity contribution in [1.29, 1.82) is 0 Å². The molecule has 8 nitrogen and oxygen atoms in total. The summed E-state index contributed by atoms with van der Waals surface area (Å²) in [6.07, 6.45) is -0.0517. The van der Waals surface area contributed by atoms with Gasteiger partial charge in [0.2, 0.25) is 0 Å². The molecule has 1 aliphatic rings. The maximum Gasteiger partial charge on any atom is 0.337 e. The van der Waals surface area contributed by atoms with Gasteiger partial charge < -0.3 is 10.1 Å². The van der Waals surface area contributed by atoms with Crippen LogP contribution in [0.5, 0.6) is 0 Å². The molecule has 1 saturated heterocycles. The molecule has 160 valence electrons. The first-order valence-electron chi connectivity index (χ1n) is 8.77. The van der Waals surface area contributed by atoms with E-state index in [0.29, 0.717) is 0 Å². The highest BCUT2D eigenvalue weighted by Crippen LogP contribution is 2.27. The zero-order valence-electron chi connectivity index (χ0n) is 15.8. The average Bonchev–Trinajstić information content (AvgIpc) is 3.08. The summed E-state index contributed by atoms with van der Waals surface area (Å²) < 4.78 is 67.6. The molecule has 3 rings (SSSR count). The summed E-state index contributed by atoms with van der Waals surface area (Å²) in [4.78, 5) is 23.8. The topological polar surface area (TPSA) is 124 Å². The highest BCUT2D eigenvalue weighted by molar-refractivity contribution is 7.96. The van der Waals surface area contributed by atoms with Crippen LogP contribution in [-0.4, -0.2) is 52.6 Å². The fraction of sp³-hybridized carbons (Fsp3) is 0.263. The third-order valence-electron chi connectivity index (χ3n) is 4.68. The molecule has 1 aliphatic heterocycles. The monoisotopic (exact) mass is 455 g/mol. The van der Waals surface area contributed by atoms with E-state index in [4.69, 9.17) is 0 Å². The van der Waals surface area contributed by atoms with Crippen molar-refractivity contribution in [2.24, 2.45) is 0 Å². The molecular formula is C19H18FNO7S2. The highest BCUT2D eigenvalue weighted by Gasteiger charge is 2.38. The Morgan fingerprint density at radius 1 is 1.17 bits per heavy atom. The molecule has 1 unspecified atom stereocenters. The maximum atomic E-state index is 14.2. The summed E-state index contributed by atoms with van der Waals surface area (Å²) in [6, 6.07) is 8.47. The van der Waals surface area contributed by atoms with E-state index in [0.717, 1.165) is 18.2 Å². The number of sulfone groups is 2. The first kappa shape index (κ1) is 21.9. The minimum absolute atomic E-state index is 0.0517. The van der Waals surface area contributed by atoms with E-state index in [1.54, 1.807) is 0 Å². The Hall–Kier alpha value is -2.79. The van der Waals surface area contributed by atoms with Crippen LogP contribution < -0.4 is 5.32 Å². The van der Waals surface area contributed by atoms with E-state index in [9.17, 15) is 30.8 Å². The number of hydrogen-bond acceptors (Lipinski definition) is 7. The van der Waals surface area contributed by atoms with E-state index in [-0.39, 0.29) is 28.3 Å². The second-order valence-electron chi connectivity index (χ2n) is 6.74. The van der Waals surface area contributed by atoms with Gasteiger partial charge in [0.25, 0.3) is 5.91 Å². The molecule has 11 heteroatoms. The second-order valence-corrected chi connectivity index (χ2v) is 11.2. The van der Waals surface area contributed by atoms with Gasteiger partial charge in [-0.15, -0.1) is 0 Å². The minimum atomic E-state index is -4.06. The molecule has 1 heterocycles. The van der Waals surface area contributed by atoms with Gasteiger partial charge in [-0.25, -0.2) is 26.0 Å². The van der Waals surface area contributed by atoms with Crippen molar-refractivity contribution in [3.8, 4) is 0 Å². The van der Waals surface area contributed by atoms with Gasteiger partial charge in [-0.05, 0) is 42.8 Å². The molecule has 1 N–H and O–H groups in total. The first-order valence-corrected chi connectivity index (χ1v) is 12.1. The lowest BCUT2D eigenvalue weighted by atomic mass is 10.1. The average molecular weight is 455 g/mol. The van der Waals surface area contributed by atoms with Crippen molar-refractivity contribution in [1.82, 2.24) is 0 Å². The number of halogens is 1. The van der Waals surface area contributed by atoms with Crippen LogP contribution in [0.2, 0.25) is 0 Å². The van der Waals surface area contributed by atoms with E-state index in [2.05, 4.69) is 10.1 Å². The van der Waals surface area contributed by atoms with Crippen LogP contribution in [0.4, 0.5) is 10.1 Å². The first-order chi connectivity index (χ1) is 14.0. The third kappa shape index (κ3) is 4.51. The number of anilines is 1. The van der Waals surface area contributed by atoms with Crippen molar-refractivity contribution in [2.45, 2.75) is 16.6 Å². The fourth-order valence-electron chi connectivity index (χ4n) is 3.09. The molecule has 2 aromatic carbocycles. The number of amides is 1. The van der Waals surface area contributed by atoms with Crippen LogP contribution in [0, 0.1) is 5.82 Å². The summed E-state index contributed by atoms with van der Waals surface area (Å²) in [6.45, 7) is 0. The molecule has 1 amide bonds. The van der Waals surface area contributed by atoms with Gasteiger partial charge >= 0.3 is 5.97 Å². The van der Waals surface area contributed by atoms with Crippen LogP contribution in [0.3, 0.4) is 0 Å². The fourth-order valence-corrected chi connectivity index (χ4v) is 7.48. The SMILES string of the molecule is COC(=O)c1cccc(NC(=O)c2cc(S(=O)(=O)C3CCS(=O)(=O)C3)ccc2F)c1. The zero-order chi connectivity index (χ0) is 22.1. The van der Waals surface area contributed by atoms with Crippen molar-refractivity contribution >= 4 is 37.2 Å². The molecule has 0 saturated carbocycles. The predicted molar refractivity (Wildman–Crippen MR) is 106 cm³/mol. The van der Waals surface area contributed by atoms with Crippen LogP contribution >= 0.6 is 0 Å². The molecule has 2 aromatic rings. The molecule has 1 atom stereocenters. The number of methoxy groups -OCH3 is 1. The quantitative estimate of drug-likeness (QED) is 0.539. The Balaban J connectivity index is 1.88. The molecule has 1 fully saturated rings. The Morgan fingerprint density at radius 3 is 2.53 bits per heavy atom. The predicted octanol–water partition coefficient (Wildman–Crippen LogP) is 1.83. The van der Waals surface area contributed by atoms with Crippen molar-refractivity contribution in [3.05, 3.63) is 59.4 Å². The van der Waals surface area contributed by atoms with Gasteiger partial charge in [0.15, 0.2) is 19.7 Å². The number of esters is 1. The van der Waals surface area contributed by atoms with E-state index < -0.39 is 53.9 Å². The minimum Gasteiger partial charge on any atom is -0.465 e. The number of nitrogens with one attached hydrogen (secondary N) is 1. The summed E-state index contributed by atoms with van der Waals surface area (Å²) in [7, 11) is -6.31. The van der Waals surface area contributed by atoms with E-state index >= 15 is 0 Å². The Kier molecular flexibility index (Phi) is 5.95. The number of hydrogen-bond donors (Lipinski definition) is 1. The number of rotatable bonds is 5. The molecule has 0 aromatic heterocycles. The normalized spacial score (nSPS) is 18.0. The van der Waals surface area contributed by atoms with E-state index in [1.165, 1.54) is 31.4 Å². The largest absolute Gasteiger partial charge is 0.465 e. The molecular weight excluding hydrogens is 437 g/mol. The van der Waals surface area contributed by atoms with Crippen LogP contribution in [0.15, 0.2) is 47.4 Å². The summed E-state index contributed by atoms with van der Waals surface area (Å²) in [5, 5.41) is 1.26. The van der Waals surface area contributed by atoms with Crippen LogP contribution in [0.25, 0.3) is 0 Å². The second kappa shape index (κ2) is 8.15. The van der Waals surface area contributed by atoms with Crippen molar-refractivity contribution in [2.75, 3.05) is 23.9 Å². The van der Waals surface area contributed by atoms with Crippen LogP contribution in [-0.2, 0) is 24.4 Å². The van der Waals surface area contributed by atoms with Gasteiger partial charge in [-0.3, -0.25) is 4.79 Å². The summed E-state index contributed by atoms with van der Waals surface area (Å²) in [5.41, 5.74) is -0.188. The Bertz CT molecular complexity index is 1220. The smallest absolute Gasteiger partial charge is 0.337 e. The zero-order valence-corrected chi connectivity index (χ0v) is 17.4. The molecule has 0 bridgehead atoms. The molecule has 30 heavy (non-hydrogen) atoms. The maximum absolute atomic E-state index is 14.2. The van der Waals surface area contributed by atoms with E-state index in [1.807, 2.05) is 0 Å². The summed E-state index contributed by atoms with van der Waals surface area (Å²) in [5.74, 6) is -3.24. The Morgan fingerprint density at radius 2 is 1.90 bits per heavy atom. The lowest BCUT2D eigenvalue weighted by Gasteiger charge is -2.12. The summed E-state index contributed by atoms with van der Waals surface area (Å²) >= 11 is 0. The van der Waals surface area contributed by atoms with Gasteiger partial charge in [0.1, 0.15) is 5.82 Å². The molecule has 0 spiro atoms. The highest BCUT2D eigenvalue weighted by atomic mass is 32.2. The lowest BCUT2D eigenvalue weighted by Crippen LogP contribution is -2.23. The lowest BCUT2D eigenvalue weighted by molar-refractivity contribution is 0.0600. The molecule has 0 radical (unpaired) electrons. The van der Waals surface area contributed by atoms with Gasteiger partial charge in [-0.1, -0.05) is 6.07 Å². The number of carbonyl (C=O) groups excluding carboxylic acids is 2. The number of carbonyl (C=O) groups is 2. The van der Waals surface area contributed by atoms with Crippen LogP contribution in [0.1, 0.15) is 27.1 Å². The Labute approximate surface area is 172 Å². The van der Waals surface area contributed by atoms with Gasteiger partial charge in [0, 0.05) is 5.69 Å².